The Hall–Kier alpha value is -1.34. The van der Waals surface area contributed by atoms with Crippen molar-refractivity contribution >= 4 is 26.8 Å². The molecule has 1 N–H and O–H groups in total. The molecule has 1 atom stereocenters. The Labute approximate surface area is 129 Å². The Morgan fingerprint density at radius 1 is 1.29 bits per heavy atom. The number of nitrogens with one attached hydrogen (secondary N) is 1. The number of carbonyl (C=O) groups excluding carboxylic acids is 1. The number of hydrogen-bond acceptors (Lipinski definition) is 3. The number of alkyl carbamates (subject to hydrolysis) is 1. The van der Waals surface area contributed by atoms with Crippen LogP contribution in [0.2, 0.25) is 19.6 Å². The first-order chi connectivity index (χ1) is 9.17. The topological polar surface area (TPSA) is 47.6 Å². The van der Waals surface area contributed by atoms with E-state index in [9.17, 15) is 13.6 Å². The summed E-state index contributed by atoms with van der Waals surface area (Å²) in [6, 6.07) is 5.00. The molecule has 8 heteroatoms. The minimum absolute atomic E-state index is 0. The average Bonchev–Trinajstić information content (AvgIpc) is 2.32. The van der Waals surface area contributed by atoms with Gasteiger partial charge in [0.2, 0.25) is 8.32 Å². The SMILES string of the molecule is C[Si](C)(C)Oc1ccc([C@@H]2NC(=O)OCC2(F)F)cc1.Cl. The molecular weight excluding hydrogens is 320 g/mol. The van der Waals surface area contributed by atoms with Crippen LogP contribution in [0, 0.1) is 0 Å². The molecule has 0 radical (unpaired) electrons. The van der Waals surface area contributed by atoms with Crippen LogP contribution in [0.15, 0.2) is 24.3 Å². The number of amides is 1. The van der Waals surface area contributed by atoms with Crippen molar-refractivity contribution in [1.82, 2.24) is 5.32 Å². The van der Waals surface area contributed by atoms with E-state index in [4.69, 9.17) is 4.43 Å². The third kappa shape index (κ3) is 4.57. The molecule has 1 aromatic carbocycles. The lowest BCUT2D eigenvalue weighted by molar-refractivity contribution is -0.104. The van der Waals surface area contributed by atoms with Crippen molar-refractivity contribution in [2.45, 2.75) is 31.6 Å². The third-order valence-corrected chi connectivity index (χ3v) is 3.57. The quantitative estimate of drug-likeness (QED) is 0.855. The molecule has 0 bridgehead atoms. The van der Waals surface area contributed by atoms with Crippen molar-refractivity contribution < 1.29 is 22.7 Å². The summed E-state index contributed by atoms with van der Waals surface area (Å²) in [6.45, 7) is 5.20. The summed E-state index contributed by atoms with van der Waals surface area (Å²) in [7, 11) is -1.73. The number of alkyl halides is 2. The number of cyclic esters (lactones) is 1. The van der Waals surface area contributed by atoms with E-state index in [0.717, 1.165) is 0 Å². The summed E-state index contributed by atoms with van der Waals surface area (Å²) in [5.41, 5.74) is 0.328. The number of rotatable bonds is 3. The van der Waals surface area contributed by atoms with E-state index < -0.39 is 33.0 Å². The first-order valence-electron chi connectivity index (χ1n) is 6.27. The maximum absolute atomic E-state index is 13.7. The highest BCUT2D eigenvalue weighted by Crippen LogP contribution is 2.35. The van der Waals surface area contributed by atoms with Crippen LogP contribution in [0.4, 0.5) is 13.6 Å². The van der Waals surface area contributed by atoms with Crippen molar-refractivity contribution in [2.75, 3.05) is 6.61 Å². The third-order valence-electron chi connectivity index (χ3n) is 2.72. The van der Waals surface area contributed by atoms with Gasteiger partial charge < -0.3 is 14.5 Å². The van der Waals surface area contributed by atoms with Gasteiger partial charge in [-0.1, -0.05) is 12.1 Å². The van der Waals surface area contributed by atoms with Crippen LogP contribution in [0.25, 0.3) is 0 Å². The molecule has 1 amide bonds. The van der Waals surface area contributed by atoms with Gasteiger partial charge >= 0.3 is 12.0 Å². The van der Waals surface area contributed by atoms with Crippen LogP contribution in [0.1, 0.15) is 11.6 Å². The van der Waals surface area contributed by atoms with Crippen LogP contribution in [0.5, 0.6) is 5.75 Å². The first-order valence-corrected chi connectivity index (χ1v) is 9.68. The van der Waals surface area contributed by atoms with Gasteiger partial charge in [-0.25, -0.2) is 13.6 Å². The zero-order valence-electron chi connectivity index (χ0n) is 12.0. The fourth-order valence-electron chi connectivity index (χ4n) is 1.92. The number of hydrogen-bond donors (Lipinski definition) is 1. The lowest BCUT2D eigenvalue weighted by Crippen LogP contribution is -2.49. The molecule has 1 aliphatic heterocycles. The molecule has 1 saturated heterocycles. The van der Waals surface area contributed by atoms with Crippen molar-refractivity contribution in [1.29, 1.82) is 0 Å². The van der Waals surface area contributed by atoms with Crippen molar-refractivity contribution in [3.05, 3.63) is 29.8 Å². The molecule has 0 aromatic heterocycles. The van der Waals surface area contributed by atoms with Gasteiger partial charge in [0.25, 0.3) is 0 Å². The van der Waals surface area contributed by atoms with Crippen LogP contribution in [-0.4, -0.2) is 26.9 Å². The van der Waals surface area contributed by atoms with Gasteiger partial charge in [0, 0.05) is 0 Å². The zero-order valence-corrected chi connectivity index (χ0v) is 13.8. The van der Waals surface area contributed by atoms with Gasteiger partial charge in [0.05, 0.1) is 0 Å². The molecule has 0 spiro atoms. The standard InChI is InChI=1S/C13H17F2NO3Si.ClH/c1-20(2,3)19-10-6-4-9(5-7-10)11-13(14,15)8-18-12(17)16-11;/h4-7,11H,8H2,1-3H3,(H,16,17);1H/t11-;/m0./s1. The number of benzene rings is 1. The van der Waals surface area contributed by atoms with E-state index in [1.54, 1.807) is 24.3 Å². The normalized spacial score (nSPS) is 20.8. The molecule has 1 fully saturated rings. The molecule has 1 aliphatic rings. The van der Waals surface area contributed by atoms with Gasteiger partial charge in [0.15, 0.2) is 6.61 Å². The second kappa shape index (κ2) is 6.19. The number of halogens is 3. The Balaban J connectivity index is 0.00000220. The summed E-state index contributed by atoms with van der Waals surface area (Å²) < 4.78 is 37.5. The fourth-order valence-corrected chi connectivity index (χ4v) is 2.76. The number of carbonyl (C=O) groups is 1. The Morgan fingerprint density at radius 3 is 2.38 bits per heavy atom. The van der Waals surface area contributed by atoms with E-state index >= 15 is 0 Å². The van der Waals surface area contributed by atoms with Crippen LogP contribution < -0.4 is 9.74 Å². The van der Waals surface area contributed by atoms with Crippen LogP contribution >= 0.6 is 12.4 Å². The highest BCUT2D eigenvalue weighted by Gasteiger charge is 2.46. The summed E-state index contributed by atoms with van der Waals surface area (Å²) >= 11 is 0. The first kappa shape index (κ1) is 17.7. The Kier molecular flexibility index (Phi) is 5.22. The average molecular weight is 338 g/mol. The Bertz CT molecular complexity index is 505. The van der Waals surface area contributed by atoms with Crippen molar-refractivity contribution in [3.63, 3.8) is 0 Å². The predicted molar refractivity (Wildman–Crippen MR) is 79.8 cm³/mol. The second-order valence-corrected chi connectivity index (χ2v) is 10.1. The summed E-state index contributed by atoms with van der Waals surface area (Å²) in [5, 5.41) is 2.15. The van der Waals surface area contributed by atoms with Gasteiger partial charge in [-0.2, -0.15) is 0 Å². The highest BCUT2D eigenvalue weighted by molar-refractivity contribution is 6.70. The maximum Gasteiger partial charge on any atom is 0.408 e. The highest BCUT2D eigenvalue weighted by atomic mass is 35.5. The van der Waals surface area contributed by atoms with E-state index in [0.29, 0.717) is 11.3 Å². The molecule has 1 aromatic rings. The van der Waals surface area contributed by atoms with Crippen LogP contribution in [-0.2, 0) is 4.74 Å². The zero-order chi connectivity index (χ0) is 15.0. The molecule has 0 aliphatic carbocycles. The lowest BCUT2D eigenvalue weighted by Gasteiger charge is -2.32. The maximum atomic E-state index is 13.7. The van der Waals surface area contributed by atoms with Gasteiger partial charge in [0.1, 0.15) is 11.8 Å². The summed E-state index contributed by atoms with van der Waals surface area (Å²) in [5.74, 6) is -2.48. The van der Waals surface area contributed by atoms with Gasteiger partial charge in [-0.05, 0) is 37.3 Å². The van der Waals surface area contributed by atoms with E-state index in [1.165, 1.54) is 0 Å². The van der Waals surface area contributed by atoms with Gasteiger partial charge in [-0.3, -0.25) is 0 Å². The van der Waals surface area contributed by atoms with E-state index in [1.807, 2.05) is 19.6 Å². The smallest absolute Gasteiger partial charge is 0.408 e. The predicted octanol–water partition coefficient (Wildman–Crippen LogP) is 3.74. The summed E-state index contributed by atoms with van der Waals surface area (Å²) in [4.78, 5) is 11.1. The molecule has 0 saturated carbocycles. The minimum atomic E-state index is -3.13. The lowest BCUT2D eigenvalue weighted by atomic mass is 10.00. The molecule has 21 heavy (non-hydrogen) atoms. The van der Waals surface area contributed by atoms with E-state index in [-0.39, 0.29) is 12.4 Å². The number of ether oxygens (including phenoxy) is 1. The van der Waals surface area contributed by atoms with Crippen molar-refractivity contribution in [3.8, 4) is 5.75 Å². The second-order valence-electron chi connectivity index (χ2n) is 5.70. The minimum Gasteiger partial charge on any atom is -0.544 e. The largest absolute Gasteiger partial charge is 0.544 e. The molecule has 4 nitrogen and oxygen atoms in total. The Morgan fingerprint density at radius 2 is 1.86 bits per heavy atom. The van der Waals surface area contributed by atoms with Crippen molar-refractivity contribution in [2.24, 2.45) is 0 Å². The molecule has 0 unspecified atom stereocenters. The molecule has 2 rings (SSSR count). The fraction of sp³-hybridized carbons (Fsp3) is 0.462. The van der Waals surface area contributed by atoms with E-state index in [2.05, 4.69) is 10.1 Å². The van der Waals surface area contributed by atoms with Crippen LogP contribution in [0.3, 0.4) is 0 Å². The molecule has 118 valence electrons. The monoisotopic (exact) mass is 337 g/mol. The van der Waals surface area contributed by atoms with Gasteiger partial charge in [-0.15, -0.1) is 12.4 Å². The molecule has 1 heterocycles. The summed E-state index contributed by atoms with van der Waals surface area (Å²) in [6.07, 6.45) is -0.830. The molecular formula is C13H18ClF2NO3Si.